The Balaban J connectivity index is 2.15. The van der Waals surface area contributed by atoms with Crippen molar-refractivity contribution in [3.05, 3.63) is 46.9 Å². The molecule has 2 N–H and O–H groups in total. The van der Waals surface area contributed by atoms with E-state index in [1.807, 2.05) is 26.8 Å². The van der Waals surface area contributed by atoms with Gasteiger partial charge in [-0.3, -0.25) is 4.99 Å². The molecule has 0 aliphatic heterocycles. The molecule has 0 fully saturated rings. The molecule has 0 amide bonds. The Labute approximate surface area is 136 Å². The third kappa shape index (κ3) is 3.93. The molecule has 0 radical (unpaired) electrons. The van der Waals surface area contributed by atoms with Gasteiger partial charge in [0.05, 0.1) is 13.2 Å². The van der Waals surface area contributed by atoms with E-state index in [1.165, 1.54) is 6.21 Å². The van der Waals surface area contributed by atoms with Gasteiger partial charge in [0, 0.05) is 17.3 Å². The zero-order valence-corrected chi connectivity index (χ0v) is 14.0. The maximum atomic E-state index is 10.6. The number of hydrogen-bond acceptors (Lipinski definition) is 5. The first-order chi connectivity index (χ1) is 10.8. The lowest BCUT2D eigenvalue weighted by Crippen LogP contribution is -2.25. The predicted octanol–water partition coefficient (Wildman–Crippen LogP) is 3.33. The molecule has 5 nitrogen and oxygen atoms in total. The van der Waals surface area contributed by atoms with Crippen LogP contribution in [0.2, 0.25) is 0 Å². The van der Waals surface area contributed by atoms with Crippen LogP contribution in [-0.2, 0) is 5.60 Å². The fraction of sp³-hybridized carbons (Fsp3) is 0.389. The average molecular weight is 317 g/mol. The Bertz CT molecular complexity index is 701. The Morgan fingerprint density at radius 2 is 2.09 bits per heavy atom. The number of phenols is 1. The molecule has 1 aromatic heterocycles. The minimum atomic E-state index is -1.13. The number of furan rings is 1. The molecule has 124 valence electrons. The summed E-state index contributed by atoms with van der Waals surface area (Å²) in [4.78, 5) is 4.27. The van der Waals surface area contributed by atoms with Crippen LogP contribution in [0.15, 0.2) is 33.7 Å². The fourth-order valence-corrected chi connectivity index (χ4v) is 2.49. The SMILES string of the molecule is CCOc1cccc(C=NCC(C)(O)c2cc(C)oc2C)c1O. The summed E-state index contributed by atoms with van der Waals surface area (Å²) >= 11 is 0. The molecule has 1 unspecified atom stereocenters. The van der Waals surface area contributed by atoms with Crippen molar-refractivity contribution in [2.24, 2.45) is 4.99 Å². The van der Waals surface area contributed by atoms with Crippen molar-refractivity contribution in [2.45, 2.75) is 33.3 Å². The minimum Gasteiger partial charge on any atom is -0.504 e. The van der Waals surface area contributed by atoms with Gasteiger partial charge in [-0.1, -0.05) is 6.07 Å². The van der Waals surface area contributed by atoms with Crippen molar-refractivity contribution in [3.8, 4) is 11.5 Å². The second-order valence-electron chi connectivity index (χ2n) is 5.70. The number of rotatable bonds is 6. The fourth-order valence-electron chi connectivity index (χ4n) is 2.49. The van der Waals surface area contributed by atoms with E-state index in [0.717, 1.165) is 11.3 Å². The zero-order valence-electron chi connectivity index (χ0n) is 14.0. The molecule has 2 aromatic rings. The molecule has 0 spiro atoms. The van der Waals surface area contributed by atoms with Crippen LogP contribution in [0.3, 0.4) is 0 Å². The molecule has 1 aromatic carbocycles. The quantitative estimate of drug-likeness (QED) is 0.801. The molecule has 0 saturated heterocycles. The number of benzene rings is 1. The predicted molar refractivity (Wildman–Crippen MR) is 89.5 cm³/mol. The molecule has 1 heterocycles. The number of aliphatic imine (C=N–C) groups is 1. The Morgan fingerprint density at radius 1 is 1.35 bits per heavy atom. The summed E-state index contributed by atoms with van der Waals surface area (Å²) < 4.78 is 10.8. The Kier molecular flexibility index (Phi) is 5.11. The van der Waals surface area contributed by atoms with Gasteiger partial charge in [0.2, 0.25) is 0 Å². The van der Waals surface area contributed by atoms with E-state index in [9.17, 15) is 10.2 Å². The lowest BCUT2D eigenvalue weighted by Gasteiger charge is -2.20. The van der Waals surface area contributed by atoms with Gasteiger partial charge >= 0.3 is 0 Å². The monoisotopic (exact) mass is 317 g/mol. The van der Waals surface area contributed by atoms with E-state index in [4.69, 9.17) is 9.15 Å². The van der Waals surface area contributed by atoms with Gasteiger partial charge in [-0.15, -0.1) is 0 Å². The summed E-state index contributed by atoms with van der Waals surface area (Å²) in [5.74, 6) is 1.91. The van der Waals surface area contributed by atoms with Crippen molar-refractivity contribution in [3.63, 3.8) is 0 Å². The second-order valence-corrected chi connectivity index (χ2v) is 5.70. The van der Waals surface area contributed by atoms with Crippen molar-refractivity contribution in [1.29, 1.82) is 0 Å². The first-order valence-electron chi connectivity index (χ1n) is 7.59. The number of hydrogen-bond donors (Lipinski definition) is 2. The van der Waals surface area contributed by atoms with Crippen LogP contribution in [0.4, 0.5) is 0 Å². The number of aromatic hydroxyl groups is 1. The number of aryl methyl sites for hydroxylation is 2. The van der Waals surface area contributed by atoms with Gasteiger partial charge in [-0.05, 0) is 45.9 Å². The van der Waals surface area contributed by atoms with E-state index in [-0.39, 0.29) is 12.3 Å². The van der Waals surface area contributed by atoms with Gasteiger partial charge in [0.25, 0.3) is 0 Å². The van der Waals surface area contributed by atoms with Gasteiger partial charge in [-0.2, -0.15) is 0 Å². The first kappa shape index (κ1) is 17.1. The van der Waals surface area contributed by atoms with Crippen molar-refractivity contribution >= 4 is 6.21 Å². The second kappa shape index (κ2) is 6.87. The van der Waals surface area contributed by atoms with E-state index in [2.05, 4.69) is 4.99 Å². The van der Waals surface area contributed by atoms with Crippen LogP contribution < -0.4 is 4.74 Å². The van der Waals surface area contributed by atoms with Gasteiger partial charge in [0.1, 0.15) is 17.1 Å². The summed E-state index contributed by atoms with van der Waals surface area (Å²) in [5.41, 5.74) is 0.136. The largest absolute Gasteiger partial charge is 0.504 e. The van der Waals surface area contributed by atoms with Gasteiger partial charge in [0.15, 0.2) is 11.5 Å². The maximum absolute atomic E-state index is 10.6. The van der Waals surface area contributed by atoms with Gasteiger partial charge < -0.3 is 19.4 Å². The Hall–Kier alpha value is -2.27. The number of ether oxygens (including phenoxy) is 1. The molecule has 0 saturated carbocycles. The van der Waals surface area contributed by atoms with Crippen LogP contribution in [0.1, 0.15) is 36.5 Å². The highest BCUT2D eigenvalue weighted by atomic mass is 16.5. The van der Waals surface area contributed by atoms with Crippen LogP contribution >= 0.6 is 0 Å². The van der Waals surface area contributed by atoms with Crippen LogP contribution in [-0.4, -0.2) is 29.6 Å². The topological polar surface area (TPSA) is 75.2 Å². The highest BCUT2D eigenvalue weighted by Crippen LogP contribution is 2.29. The molecular weight excluding hydrogens is 294 g/mol. The summed E-state index contributed by atoms with van der Waals surface area (Å²) in [5, 5.41) is 20.7. The van der Waals surface area contributed by atoms with Crippen LogP contribution in [0.5, 0.6) is 11.5 Å². The third-order valence-electron chi connectivity index (χ3n) is 3.58. The highest BCUT2D eigenvalue weighted by Gasteiger charge is 2.27. The van der Waals surface area contributed by atoms with Crippen molar-refractivity contribution in [1.82, 2.24) is 0 Å². The number of aliphatic hydroxyl groups is 1. The van der Waals surface area contributed by atoms with Crippen LogP contribution in [0, 0.1) is 13.8 Å². The molecule has 0 aliphatic carbocycles. The smallest absolute Gasteiger partial charge is 0.166 e. The molecular formula is C18H23NO4. The van der Waals surface area contributed by atoms with E-state index in [0.29, 0.717) is 23.7 Å². The van der Waals surface area contributed by atoms with Crippen molar-refractivity contribution < 1.29 is 19.4 Å². The third-order valence-corrected chi connectivity index (χ3v) is 3.58. The van der Waals surface area contributed by atoms with E-state index < -0.39 is 5.60 Å². The molecule has 5 heteroatoms. The van der Waals surface area contributed by atoms with E-state index >= 15 is 0 Å². The summed E-state index contributed by atoms with van der Waals surface area (Å²) in [6.07, 6.45) is 1.54. The van der Waals surface area contributed by atoms with E-state index in [1.54, 1.807) is 25.1 Å². The summed E-state index contributed by atoms with van der Waals surface area (Å²) in [6.45, 7) is 7.84. The molecule has 0 bridgehead atoms. The molecule has 2 rings (SSSR count). The number of nitrogens with zero attached hydrogens (tertiary/aromatic N) is 1. The lowest BCUT2D eigenvalue weighted by atomic mass is 9.96. The highest BCUT2D eigenvalue weighted by molar-refractivity contribution is 5.84. The summed E-state index contributed by atoms with van der Waals surface area (Å²) in [7, 11) is 0. The number of para-hydroxylation sites is 1. The molecule has 1 atom stereocenters. The Morgan fingerprint density at radius 3 is 2.70 bits per heavy atom. The number of phenolic OH excluding ortho intramolecular Hbond substituents is 1. The normalized spacial score (nSPS) is 14.1. The van der Waals surface area contributed by atoms with Crippen molar-refractivity contribution in [2.75, 3.05) is 13.2 Å². The summed E-state index contributed by atoms with van der Waals surface area (Å²) in [6, 6.07) is 7.04. The van der Waals surface area contributed by atoms with Crippen LogP contribution in [0.25, 0.3) is 0 Å². The zero-order chi connectivity index (χ0) is 17.0. The maximum Gasteiger partial charge on any atom is 0.166 e. The first-order valence-corrected chi connectivity index (χ1v) is 7.59. The van der Waals surface area contributed by atoms with Gasteiger partial charge in [-0.25, -0.2) is 0 Å². The molecule has 0 aliphatic rings. The lowest BCUT2D eigenvalue weighted by molar-refractivity contribution is 0.0660. The molecule has 23 heavy (non-hydrogen) atoms. The standard InChI is InChI=1S/C18H23NO4/c1-5-22-16-8-6-7-14(17(16)20)10-19-11-18(4,21)15-9-12(2)23-13(15)3/h6-10,20-21H,5,11H2,1-4H3. The average Bonchev–Trinajstić information content (AvgIpc) is 2.83. The minimum absolute atomic E-state index is 0.0491.